The van der Waals surface area contributed by atoms with Gasteiger partial charge in [0.1, 0.15) is 0 Å². The fourth-order valence-electron chi connectivity index (χ4n) is 1.45. The number of aryl methyl sites for hydroxylation is 1. The molecule has 2 heterocycles. The summed E-state index contributed by atoms with van der Waals surface area (Å²) in [5.41, 5.74) is 0. The lowest BCUT2D eigenvalue weighted by Crippen LogP contribution is -2.24. The normalized spacial score (nSPS) is 11.1. The molecule has 2 rings (SSSR count). The number of methoxy groups -OCH3 is 1. The van der Waals surface area contributed by atoms with Crippen molar-refractivity contribution in [3.63, 3.8) is 0 Å². The number of hydrogen-bond donors (Lipinski definition) is 1. The van der Waals surface area contributed by atoms with E-state index >= 15 is 0 Å². The third-order valence-corrected chi connectivity index (χ3v) is 3.32. The van der Waals surface area contributed by atoms with Gasteiger partial charge in [0, 0.05) is 27.1 Å². The number of hydrogen-bond acceptors (Lipinski definition) is 9. The molecule has 10 heteroatoms. The van der Waals surface area contributed by atoms with E-state index in [0.717, 1.165) is 18.2 Å². The summed E-state index contributed by atoms with van der Waals surface area (Å²) < 4.78 is 12.0. The second-order valence-electron chi connectivity index (χ2n) is 3.93. The molecule has 0 saturated carbocycles. The molecule has 2 aromatic heterocycles. The summed E-state index contributed by atoms with van der Waals surface area (Å²) in [7, 11) is 1.68. The van der Waals surface area contributed by atoms with Gasteiger partial charge in [0.25, 0.3) is 0 Å². The number of ether oxygens (including phenoxy) is 1. The first kappa shape index (κ1) is 14.9. The fourth-order valence-corrected chi connectivity index (χ4v) is 2.19. The van der Waals surface area contributed by atoms with E-state index in [9.17, 15) is 0 Å². The maximum atomic E-state index is 5.30. The molecule has 0 fully saturated rings. The van der Waals surface area contributed by atoms with E-state index in [1.54, 1.807) is 18.7 Å². The molecule has 0 aliphatic heterocycles. The van der Waals surface area contributed by atoms with Crippen LogP contribution in [0.4, 0.5) is 0 Å². The molecule has 0 spiro atoms. The number of nitrogens with one attached hydrogen (secondary N) is 1. The van der Waals surface area contributed by atoms with Gasteiger partial charge in [-0.05, 0) is 10.4 Å². The Morgan fingerprint density at radius 1 is 1.30 bits per heavy atom. The summed E-state index contributed by atoms with van der Waals surface area (Å²) in [5.74, 6) is 1.68. The van der Waals surface area contributed by atoms with Gasteiger partial charge in [-0.25, -0.2) is 4.68 Å². The summed E-state index contributed by atoms with van der Waals surface area (Å²) in [6.45, 7) is 4.73. The lowest BCUT2D eigenvalue weighted by Gasteiger charge is -2.05. The van der Waals surface area contributed by atoms with Gasteiger partial charge in [-0.1, -0.05) is 11.8 Å². The lowest BCUT2D eigenvalue weighted by molar-refractivity contribution is 0.199. The summed E-state index contributed by atoms with van der Waals surface area (Å²) >= 11 is 1.47. The predicted molar refractivity (Wildman–Crippen MR) is 71.2 cm³/mol. The molecule has 0 atom stereocenters. The average molecular weight is 299 g/mol. The van der Waals surface area contributed by atoms with Crippen LogP contribution in [-0.2, 0) is 17.0 Å². The van der Waals surface area contributed by atoms with Gasteiger partial charge in [-0.2, -0.15) is 0 Å². The van der Waals surface area contributed by atoms with Crippen LogP contribution in [0.2, 0.25) is 0 Å². The van der Waals surface area contributed by atoms with Crippen molar-refractivity contribution in [3.05, 3.63) is 11.8 Å². The van der Waals surface area contributed by atoms with Crippen molar-refractivity contribution < 1.29 is 9.15 Å². The molecular formula is C10H17N7O2S. The number of nitrogens with zero attached hydrogens (tertiary/aromatic N) is 6. The van der Waals surface area contributed by atoms with Crippen LogP contribution in [0.3, 0.4) is 0 Å². The number of aromatic nitrogens is 6. The molecule has 0 amide bonds. The van der Waals surface area contributed by atoms with Gasteiger partial charge in [0.15, 0.2) is 0 Å². The Morgan fingerprint density at radius 3 is 2.95 bits per heavy atom. The summed E-state index contributed by atoms with van der Waals surface area (Å²) in [5, 5.41) is 23.3. The first-order valence-corrected chi connectivity index (χ1v) is 7.15. The van der Waals surface area contributed by atoms with E-state index in [-0.39, 0.29) is 0 Å². The Morgan fingerprint density at radius 2 is 2.20 bits per heavy atom. The topological polar surface area (TPSA) is 104 Å². The maximum absolute atomic E-state index is 5.30. The summed E-state index contributed by atoms with van der Waals surface area (Å²) in [6, 6.07) is 0. The number of tetrazole rings is 1. The molecule has 0 bridgehead atoms. The Kier molecular flexibility index (Phi) is 5.89. The van der Waals surface area contributed by atoms with Crippen LogP contribution in [0.15, 0.2) is 9.57 Å². The Labute approximate surface area is 120 Å². The smallest absolute Gasteiger partial charge is 0.226 e. The molecule has 0 aromatic carbocycles. The largest absolute Gasteiger partial charge is 0.425 e. The van der Waals surface area contributed by atoms with Crippen molar-refractivity contribution in [1.82, 2.24) is 35.7 Å². The van der Waals surface area contributed by atoms with E-state index in [1.807, 2.05) is 0 Å². The first-order valence-electron chi connectivity index (χ1n) is 6.17. The van der Waals surface area contributed by atoms with E-state index in [2.05, 4.69) is 31.0 Å². The van der Waals surface area contributed by atoms with E-state index in [0.29, 0.717) is 30.7 Å². The summed E-state index contributed by atoms with van der Waals surface area (Å²) in [4.78, 5) is 0. The highest BCUT2D eigenvalue weighted by Crippen LogP contribution is 2.18. The predicted octanol–water partition coefficient (Wildman–Crippen LogP) is -0.107. The van der Waals surface area contributed by atoms with Crippen molar-refractivity contribution in [2.45, 2.75) is 24.4 Å². The second kappa shape index (κ2) is 7.92. The molecule has 0 aliphatic carbocycles. The van der Waals surface area contributed by atoms with Gasteiger partial charge in [0.2, 0.25) is 16.9 Å². The van der Waals surface area contributed by atoms with Crippen LogP contribution in [0.5, 0.6) is 0 Å². The van der Waals surface area contributed by atoms with Crippen LogP contribution in [0, 0.1) is 6.92 Å². The van der Waals surface area contributed by atoms with Gasteiger partial charge < -0.3 is 14.5 Å². The van der Waals surface area contributed by atoms with Crippen molar-refractivity contribution >= 4 is 11.8 Å². The third kappa shape index (κ3) is 4.54. The Balaban J connectivity index is 1.76. The van der Waals surface area contributed by atoms with Crippen LogP contribution < -0.4 is 5.32 Å². The highest BCUT2D eigenvalue weighted by atomic mass is 32.2. The molecule has 1 N–H and O–H groups in total. The SMILES string of the molecule is COCCNCCn1nnnc1SCc1nnc(C)o1. The molecule has 0 saturated heterocycles. The van der Waals surface area contributed by atoms with Crippen LogP contribution in [0.1, 0.15) is 11.8 Å². The molecule has 0 unspecified atom stereocenters. The highest BCUT2D eigenvalue weighted by molar-refractivity contribution is 7.98. The first-order chi connectivity index (χ1) is 9.79. The van der Waals surface area contributed by atoms with Crippen molar-refractivity contribution in [2.75, 3.05) is 26.8 Å². The number of rotatable bonds is 9. The monoisotopic (exact) mass is 299 g/mol. The van der Waals surface area contributed by atoms with E-state index < -0.39 is 0 Å². The minimum atomic E-state index is 0.554. The number of thioether (sulfide) groups is 1. The van der Waals surface area contributed by atoms with Crippen molar-refractivity contribution in [3.8, 4) is 0 Å². The van der Waals surface area contributed by atoms with Crippen LogP contribution in [0.25, 0.3) is 0 Å². The van der Waals surface area contributed by atoms with Crippen molar-refractivity contribution in [1.29, 1.82) is 0 Å². The molecule has 110 valence electrons. The van der Waals surface area contributed by atoms with Gasteiger partial charge in [0.05, 0.1) is 18.9 Å². The molecular weight excluding hydrogens is 282 g/mol. The zero-order valence-electron chi connectivity index (χ0n) is 11.4. The quantitative estimate of drug-likeness (QED) is 0.501. The zero-order valence-corrected chi connectivity index (χ0v) is 12.3. The lowest BCUT2D eigenvalue weighted by atomic mass is 10.6. The summed E-state index contributed by atoms with van der Waals surface area (Å²) in [6.07, 6.45) is 0. The molecule has 0 radical (unpaired) electrons. The molecule has 2 aromatic rings. The molecule has 9 nitrogen and oxygen atoms in total. The second-order valence-corrected chi connectivity index (χ2v) is 4.87. The standard InChI is InChI=1S/C10H17N7O2S/c1-8-12-13-9(19-8)7-20-10-14-15-16-17(10)5-3-11-4-6-18-2/h11H,3-7H2,1-2H3. The van der Waals surface area contributed by atoms with Crippen molar-refractivity contribution in [2.24, 2.45) is 0 Å². The van der Waals surface area contributed by atoms with Crippen LogP contribution in [-0.4, -0.2) is 57.2 Å². The minimum absolute atomic E-state index is 0.554. The Hall–Kier alpha value is -1.52. The third-order valence-electron chi connectivity index (χ3n) is 2.38. The fraction of sp³-hybridized carbons (Fsp3) is 0.700. The minimum Gasteiger partial charge on any atom is -0.425 e. The zero-order chi connectivity index (χ0) is 14.2. The molecule has 0 aliphatic rings. The van der Waals surface area contributed by atoms with E-state index in [1.165, 1.54) is 11.8 Å². The average Bonchev–Trinajstić information content (AvgIpc) is 3.05. The Bertz CT molecular complexity index is 515. The molecule has 20 heavy (non-hydrogen) atoms. The van der Waals surface area contributed by atoms with E-state index in [4.69, 9.17) is 9.15 Å². The van der Waals surface area contributed by atoms with Gasteiger partial charge in [-0.3, -0.25) is 0 Å². The maximum Gasteiger partial charge on any atom is 0.226 e. The van der Waals surface area contributed by atoms with Crippen LogP contribution >= 0.6 is 11.8 Å². The van der Waals surface area contributed by atoms with Gasteiger partial charge in [-0.15, -0.1) is 15.3 Å². The highest BCUT2D eigenvalue weighted by Gasteiger charge is 2.09. The van der Waals surface area contributed by atoms with Gasteiger partial charge >= 0.3 is 0 Å².